The Kier molecular flexibility index (Phi) is 7.20. The van der Waals surface area contributed by atoms with Crippen molar-refractivity contribution in [2.75, 3.05) is 4.72 Å². The molecule has 2 aromatic carbocycles. The van der Waals surface area contributed by atoms with E-state index in [0.717, 1.165) is 11.6 Å². The van der Waals surface area contributed by atoms with E-state index < -0.39 is 26.7 Å². The molecule has 0 radical (unpaired) electrons. The van der Waals surface area contributed by atoms with Crippen molar-refractivity contribution in [3.05, 3.63) is 88.7 Å². The number of ketones is 1. The first-order valence-electron chi connectivity index (χ1n) is 9.43. The van der Waals surface area contributed by atoms with Crippen molar-refractivity contribution in [2.45, 2.75) is 30.3 Å². The van der Waals surface area contributed by atoms with Crippen LogP contribution in [0, 0.1) is 0 Å². The Morgan fingerprint density at radius 1 is 1.03 bits per heavy atom. The molecule has 0 saturated heterocycles. The van der Waals surface area contributed by atoms with Gasteiger partial charge in [-0.2, -0.15) is 13.2 Å². The van der Waals surface area contributed by atoms with E-state index in [1.807, 2.05) is 6.07 Å². The first kappa shape index (κ1) is 23.7. The Bertz CT molecular complexity index is 1200. The summed E-state index contributed by atoms with van der Waals surface area (Å²) in [5.41, 5.74) is 0.627. The highest BCUT2D eigenvalue weighted by molar-refractivity contribution is 7.92. The summed E-state index contributed by atoms with van der Waals surface area (Å²) in [6.45, 7) is 0. The third kappa shape index (κ3) is 6.54. The van der Waals surface area contributed by atoms with E-state index in [4.69, 9.17) is 11.6 Å². The number of hydrogen-bond acceptors (Lipinski definition) is 4. The predicted octanol–water partition coefficient (Wildman–Crippen LogP) is 5.30. The summed E-state index contributed by atoms with van der Waals surface area (Å²) >= 11 is 5.67. The van der Waals surface area contributed by atoms with Crippen LogP contribution < -0.4 is 4.72 Å². The molecule has 0 aliphatic rings. The van der Waals surface area contributed by atoms with Crippen LogP contribution in [0.25, 0.3) is 0 Å². The van der Waals surface area contributed by atoms with Crippen LogP contribution in [0.15, 0.2) is 71.9 Å². The average molecular weight is 483 g/mol. The smallest absolute Gasteiger partial charge is 0.299 e. The number of alkyl halides is 3. The monoisotopic (exact) mass is 482 g/mol. The van der Waals surface area contributed by atoms with Gasteiger partial charge in [0.05, 0.1) is 10.5 Å². The normalized spacial score (nSPS) is 11.9. The number of halogens is 4. The van der Waals surface area contributed by atoms with Gasteiger partial charge in [0.2, 0.25) is 0 Å². The number of aryl methyl sites for hydroxylation is 1. The molecule has 0 aliphatic heterocycles. The fourth-order valence-corrected chi connectivity index (χ4v) is 4.36. The van der Waals surface area contributed by atoms with Crippen LogP contribution in [0.1, 0.15) is 23.1 Å². The molecule has 0 amide bonds. The third-order valence-corrected chi connectivity index (χ3v) is 6.11. The van der Waals surface area contributed by atoms with Gasteiger partial charge in [-0.15, -0.1) is 0 Å². The van der Waals surface area contributed by atoms with Crippen LogP contribution in [0.3, 0.4) is 0 Å². The minimum absolute atomic E-state index is 0.0146. The second kappa shape index (κ2) is 9.70. The van der Waals surface area contributed by atoms with Crippen molar-refractivity contribution in [1.29, 1.82) is 0 Å². The number of hydrogen-bond donors (Lipinski definition) is 1. The zero-order valence-electron chi connectivity index (χ0n) is 16.6. The quantitative estimate of drug-likeness (QED) is 0.472. The summed E-state index contributed by atoms with van der Waals surface area (Å²) in [5, 5.41) is -0.347. The zero-order chi connectivity index (χ0) is 23.4. The lowest BCUT2D eigenvalue weighted by Crippen LogP contribution is -2.15. The molecular weight excluding hydrogens is 465 g/mol. The van der Waals surface area contributed by atoms with Gasteiger partial charge in [0, 0.05) is 35.9 Å². The SMILES string of the molecule is O=C(CCc1cccnc1)Cc1ccc(NS(=O)(=O)c2cc(Cl)cc(C(F)(F)F)c2)cc1. The molecule has 1 heterocycles. The fourth-order valence-electron chi connectivity index (χ4n) is 2.93. The van der Waals surface area contributed by atoms with E-state index >= 15 is 0 Å². The van der Waals surface area contributed by atoms with Crippen molar-refractivity contribution in [3.63, 3.8) is 0 Å². The molecule has 0 spiro atoms. The molecule has 168 valence electrons. The van der Waals surface area contributed by atoms with Crippen molar-refractivity contribution < 1.29 is 26.4 Å². The van der Waals surface area contributed by atoms with Gasteiger partial charge in [-0.3, -0.25) is 14.5 Å². The maximum Gasteiger partial charge on any atom is 0.416 e. The topological polar surface area (TPSA) is 76.1 Å². The standard InChI is InChI=1S/C22H18ClF3N2O3S/c23-18-11-17(22(24,25)26)12-21(13-18)32(30,31)28-19-6-3-15(4-7-19)10-20(29)8-5-16-2-1-9-27-14-16/h1-4,6-7,9,11-14,28H,5,8,10H2. The fraction of sp³-hybridized carbons (Fsp3) is 0.182. The summed E-state index contributed by atoms with van der Waals surface area (Å²) in [5.74, 6) is 0.0146. The lowest BCUT2D eigenvalue weighted by molar-refractivity contribution is -0.137. The number of rotatable bonds is 8. The minimum Gasteiger partial charge on any atom is -0.299 e. The number of Topliss-reactive ketones (excluding diaryl/α,β-unsaturated/α-hetero) is 1. The van der Waals surface area contributed by atoms with Crippen molar-refractivity contribution in [1.82, 2.24) is 4.98 Å². The third-order valence-electron chi connectivity index (χ3n) is 4.53. The van der Waals surface area contributed by atoms with Crippen LogP contribution in [0.5, 0.6) is 0 Å². The van der Waals surface area contributed by atoms with Gasteiger partial charge in [-0.25, -0.2) is 8.42 Å². The predicted molar refractivity (Wildman–Crippen MR) is 115 cm³/mol. The maximum absolute atomic E-state index is 13.0. The minimum atomic E-state index is -4.74. The van der Waals surface area contributed by atoms with Crippen LogP contribution in [0.4, 0.5) is 18.9 Å². The lowest BCUT2D eigenvalue weighted by Gasteiger charge is -2.12. The summed E-state index contributed by atoms with van der Waals surface area (Å²) < 4.78 is 66.1. The van der Waals surface area contributed by atoms with Crippen LogP contribution in [0.2, 0.25) is 5.02 Å². The highest BCUT2D eigenvalue weighted by atomic mass is 35.5. The van der Waals surface area contributed by atoms with Crippen LogP contribution in [-0.4, -0.2) is 19.2 Å². The summed E-state index contributed by atoms with van der Waals surface area (Å²) in [6.07, 6.45) is -0.286. The number of benzene rings is 2. The Morgan fingerprint density at radius 3 is 2.38 bits per heavy atom. The highest BCUT2D eigenvalue weighted by Gasteiger charge is 2.32. The van der Waals surface area contributed by atoms with Crippen molar-refractivity contribution >= 4 is 33.1 Å². The number of nitrogens with one attached hydrogen (secondary N) is 1. The molecular formula is C22H18ClF3N2O3S. The molecule has 3 aromatic rings. The molecule has 5 nitrogen and oxygen atoms in total. The van der Waals surface area contributed by atoms with Gasteiger partial charge in [0.15, 0.2) is 0 Å². The molecule has 0 fully saturated rings. The van der Waals surface area contributed by atoms with E-state index in [2.05, 4.69) is 9.71 Å². The molecule has 3 rings (SSSR count). The first-order valence-corrected chi connectivity index (χ1v) is 11.3. The summed E-state index contributed by atoms with van der Waals surface area (Å²) in [7, 11) is -4.30. The van der Waals surface area contributed by atoms with E-state index in [1.165, 1.54) is 12.1 Å². The number of sulfonamides is 1. The van der Waals surface area contributed by atoms with Crippen molar-refractivity contribution in [2.24, 2.45) is 0 Å². The van der Waals surface area contributed by atoms with E-state index in [0.29, 0.717) is 30.5 Å². The number of anilines is 1. The molecule has 0 atom stereocenters. The number of carbonyl (C=O) groups is 1. The number of pyridine rings is 1. The van der Waals surface area contributed by atoms with Gasteiger partial charge in [-0.05, 0) is 53.9 Å². The zero-order valence-corrected chi connectivity index (χ0v) is 18.1. The first-order chi connectivity index (χ1) is 15.0. The second-order valence-corrected chi connectivity index (χ2v) is 9.17. The van der Waals surface area contributed by atoms with Crippen LogP contribution in [-0.2, 0) is 33.8 Å². The largest absolute Gasteiger partial charge is 0.416 e. The summed E-state index contributed by atoms with van der Waals surface area (Å²) in [4.78, 5) is 15.6. The van der Waals surface area contributed by atoms with E-state index in [9.17, 15) is 26.4 Å². The number of aromatic nitrogens is 1. The highest BCUT2D eigenvalue weighted by Crippen LogP contribution is 2.33. The number of nitrogens with zero attached hydrogens (tertiary/aromatic N) is 1. The van der Waals surface area contributed by atoms with Gasteiger partial charge in [0.1, 0.15) is 5.78 Å². The van der Waals surface area contributed by atoms with Crippen molar-refractivity contribution in [3.8, 4) is 0 Å². The Hall–Kier alpha value is -2.91. The average Bonchev–Trinajstić information content (AvgIpc) is 2.73. The molecule has 10 heteroatoms. The molecule has 0 bridgehead atoms. The van der Waals surface area contributed by atoms with Crippen LogP contribution >= 0.6 is 11.6 Å². The molecule has 1 N–H and O–H groups in total. The summed E-state index contributed by atoms with van der Waals surface area (Å²) in [6, 6.07) is 11.8. The van der Waals surface area contributed by atoms with Gasteiger partial charge >= 0.3 is 6.18 Å². The molecule has 1 aromatic heterocycles. The maximum atomic E-state index is 13.0. The Morgan fingerprint density at radius 2 is 1.75 bits per heavy atom. The second-order valence-electron chi connectivity index (χ2n) is 7.05. The van der Waals surface area contributed by atoms with E-state index in [1.54, 1.807) is 30.6 Å². The molecule has 0 aliphatic carbocycles. The Labute approximate surface area is 188 Å². The van der Waals surface area contributed by atoms with E-state index in [-0.39, 0.29) is 22.9 Å². The number of carbonyl (C=O) groups excluding carboxylic acids is 1. The van der Waals surface area contributed by atoms with Gasteiger partial charge < -0.3 is 0 Å². The molecule has 0 saturated carbocycles. The van der Waals surface area contributed by atoms with Gasteiger partial charge in [-0.1, -0.05) is 29.8 Å². The lowest BCUT2D eigenvalue weighted by atomic mass is 10.0. The molecule has 0 unspecified atom stereocenters. The van der Waals surface area contributed by atoms with Gasteiger partial charge in [0.25, 0.3) is 10.0 Å². The molecule has 32 heavy (non-hydrogen) atoms. The Balaban J connectivity index is 1.65.